The lowest BCUT2D eigenvalue weighted by Crippen LogP contribution is -2.43. The maximum atomic E-state index is 11.7. The van der Waals surface area contributed by atoms with Crippen LogP contribution in [0.2, 0.25) is 0 Å². The number of rotatable bonds is 2. The third kappa shape index (κ3) is 3.09. The number of ether oxygens (including phenoxy) is 1. The molecule has 1 rings (SSSR count). The molecule has 0 aliphatic carbocycles. The SMILES string of the molecule is CC(C)(C)[C@H]1CCCN1C(=O)OCCO. The average Bonchev–Trinajstić information content (AvgIpc) is 2.61. The Hall–Kier alpha value is -0.770. The van der Waals surface area contributed by atoms with E-state index < -0.39 is 0 Å². The fourth-order valence-corrected chi connectivity index (χ4v) is 2.10. The molecule has 1 aliphatic rings. The van der Waals surface area contributed by atoms with E-state index in [0.29, 0.717) is 0 Å². The molecule has 4 nitrogen and oxygen atoms in total. The monoisotopic (exact) mass is 215 g/mol. The summed E-state index contributed by atoms with van der Waals surface area (Å²) in [5.74, 6) is 0. The van der Waals surface area contributed by atoms with Crippen LogP contribution in [0.4, 0.5) is 4.79 Å². The summed E-state index contributed by atoms with van der Waals surface area (Å²) in [6.07, 6.45) is 1.79. The zero-order valence-electron chi connectivity index (χ0n) is 9.82. The lowest BCUT2D eigenvalue weighted by atomic mass is 9.85. The Morgan fingerprint density at radius 1 is 1.53 bits per heavy atom. The molecule has 0 bridgehead atoms. The van der Waals surface area contributed by atoms with Gasteiger partial charge in [-0.05, 0) is 18.3 Å². The van der Waals surface area contributed by atoms with Gasteiger partial charge < -0.3 is 14.7 Å². The fourth-order valence-electron chi connectivity index (χ4n) is 2.10. The van der Waals surface area contributed by atoms with Crippen LogP contribution in [0, 0.1) is 5.41 Å². The molecule has 1 aliphatic heterocycles. The minimum Gasteiger partial charge on any atom is -0.447 e. The van der Waals surface area contributed by atoms with Crippen LogP contribution in [0.25, 0.3) is 0 Å². The molecule has 1 fully saturated rings. The Kier molecular flexibility index (Phi) is 3.97. The minimum atomic E-state index is -0.290. The van der Waals surface area contributed by atoms with Crippen LogP contribution in [-0.4, -0.2) is 41.9 Å². The van der Waals surface area contributed by atoms with Gasteiger partial charge in [0, 0.05) is 12.6 Å². The summed E-state index contributed by atoms with van der Waals surface area (Å²) in [4.78, 5) is 13.4. The van der Waals surface area contributed by atoms with E-state index in [1.54, 1.807) is 4.90 Å². The predicted octanol–water partition coefficient (Wildman–Crippen LogP) is 1.63. The highest BCUT2D eigenvalue weighted by atomic mass is 16.6. The molecule has 0 saturated carbocycles. The highest BCUT2D eigenvalue weighted by Gasteiger charge is 2.37. The van der Waals surface area contributed by atoms with Gasteiger partial charge in [0.15, 0.2) is 0 Å². The lowest BCUT2D eigenvalue weighted by molar-refractivity contribution is 0.0628. The van der Waals surface area contributed by atoms with E-state index in [1.165, 1.54) is 0 Å². The summed E-state index contributed by atoms with van der Waals surface area (Å²) in [6.45, 7) is 7.15. The van der Waals surface area contributed by atoms with Crippen molar-refractivity contribution >= 4 is 6.09 Å². The van der Waals surface area contributed by atoms with Gasteiger partial charge in [0.25, 0.3) is 0 Å². The van der Waals surface area contributed by atoms with Crippen LogP contribution >= 0.6 is 0 Å². The topological polar surface area (TPSA) is 49.8 Å². The molecule has 15 heavy (non-hydrogen) atoms. The molecule has 0 unspecified atom stereocenters. The molecular weight excluding hydrogens is 194 g/mol. The Morgan fingerprint density at radius 3 is 2.73 bits per heavy atom. The first-order valence-corrected chi connectivity index (χ1v) is 5.51. The number of hydrogen-bond acceptors (Lipinski definition) is 3. The zero-order chi connectivity index (χ0) is 11.5. The van der Waals surface area contributed by atoms with E-state index in [2.05, 4.69) is 20.8 Å². The number of amides is 1. The second-order valence-corrected chi connectivity index (χ2v) is 5.06. The van der Waals surface area contributed by atoms with E-state index in [9.17, 15) is 4.79 Å². The molecule has 0 aromatic carbocycles. The number of nitrogens with zero attached hydrogens (tertiary/aromatic N) is 1. The van der Waals surface area contributed by atoms with Crippen molar-refractivity contribution in [1.82, 2.24) is 4.90 Å². The quantitative estimate of drug-likeness (QED) is 0.761. The molecule has 1 atom stereocenters. The molecule has 1 N–H and O–H groups in total. The van der Waals surface area contributed by atoms with Crippen molar-refractivity contribution in [2.75, 3.05) is 19.8 Å². The minimum absolute atomic E-state index is 0.0895. The van der Waals surface area contributed by atoms with Crippen molar-refractivity contribution in [2.45, 2.75) is 39.7 Å². The Bertz CT molecular complexity index is 222. The van der Waals surface area contributed by atoms with Gasteiger partial charge in [-0.2, -0.15) is 0 Å². The average molecular weight is 215 g/mol. The van der Waals surface area contributed by atoms with Crippen LogP contribution in [-0.2, 0) is 4.74 Å². The van der Waals surface area contributed by atoms with Crippen molar-refractivity contribution in [3.05, 3.63) is 0 Å². The molecule has 0 spiro atoms. The van der Waals surface area contributed by atoms with Crippen LogP contribution in [0.1, 0.15) is 33.6 Å². The highest BCUT2D eigenvalue weighted by Crippen LogP contribution is 2.32. The van der Waals surface area contributed by atoms with Crippen LogP contribution < -0.4 is 0 Å². The molecule has 0 aromatic rings. The van der Waals surface area contributed by atoms with Gasteiger partial charge in [-0.3, -0.25) is 0 Å². The summed E-state index contributed by atoms with van der Waals surface area (Å²) >= 11 is 0. The Labute approximate surface area is 91.2 Å². The number of likely N-dealkylation sites (tertiary alicyclic amines) is 1. The molecule has 1 heterocycles. The van der Waals surface area contributed by atoms with E-state index in [4.69, 9.17) is 9.84 Å². The second-order valence-electron chi connectivity index (χ2n) is 5.06. The normalized spacial score (nSPS) is 21.9. The zero-order valence-corrected chi connectivity index (χ0v) is 9.82. The van der Waals surface area contributed by atoms with E-state index in [1.807, 2.05) is 0 Å². The van der Waals surface area contributed by atoms with Gasteiger partial charge in [0.2, 0.25) is 0 Å². The van der Waals surface area contributed by atoms with E-state index in [0.717, 1.165) is 19.4 Å². The smallest absolute Gasteiger partial charge is 0.410 e. The fraction of sp³-hybridized carbons (Fsp3) is 0.909. The highest BCUT2D eigenvalue weighted by molar-refractivity contribution is 5.68. The summed E-state index contributed by atoms with van der Waals surface area (Å²) < 4.78 is 4.94. The van der Waals surface area contributed by atoms with Gasteiger partial charge in [0.1, 0.15) is 6.61 Å². The number of aliphatic hydroxyl groups excluding tert-OH is 1. The molecule has 0 radical (unpaired) electrons. The molecular formula is C11H21NO3. The van der Waals surface area contributed by atoms with E-state index >= 15 is 0 Å². The Balaban J connectivity index is 2.56. The maximum Gasteiger partial charge on any atom is 0.410 e. The van der Waals surface area contributed by atoms with Crippen molar-refractivity contribution < 1.29 is 14.6 Å². The molecule has 1 amide bonds. The maximum absolute atomic E-state index is 11.7. The van der Waals surface area contributed by atoms with Crippen molar-refractivity contribution in [2.24, 2.45) is 5.41 Å². The third-order valence-corrected chi connectivity index (χ3v) is 2.80. The van der Waals surface area contributed by atoms with Crippen molar-refractivity contribution in [3.63, 3.8) is 0 Å². The molecule has 0 aromatic heterocycles. The van der Waals surface area contributed by atoms with E-state index in [-0.39, 0.29) is 30.8 Å². The van der Waals surface area contributed by atoms with Gasteiger partial charge in [-0.25, -0.2) is 4.79 Å². The molecule has 1 saturated heterocycles. The number of hydrogen-bond donors (Lipinski definition) is 1. The Morgan fingerprint density at radius 2 is 2.20 bits per heavy atom. The summed E-state index contributed by atoms with van der Waals surface area (Å²) in [6, 6.07) is 0.253. The first kappa shape index (κ1) is 12.3. The first-order chi connectivity index (χ1) is 6.96. The van der Waals surface area contributed by atoms with Crippen LogP contribution in [0.15, 0.2) is 0 Å². The number of aliphatic hydroxyl groups is 1. The molecule has 88 valence electrons. The van der Waals surface area contributed by atoms with Gasteiger partial charge in [0.05, 0.1) is 6.61 Å². The van der Waals surface area contributed by atoms with Gasteiger partial charge >= 0.3 is 6.09 Å². The van der Waals surface area contributed by atoms with Crippen LogP contribution in [0.3, 0.4) is 0 Å². The summed E-state index contributed by atoms with van der Waals surface area (Å²) in [7, 11) is 0. The number of carbonyl (C=O) groups excluding carboxylic acids is 1. The largest absolute Gasteiger partial charge is 0.447 e. The number of carbonyl (C=O) groups is 1. The van der Waals surface area contributed by atoms with Gasteiger partial charge in [-0.1, -0.05) is 20.8 Å². The van der Waals surface area contributed by atoms with Crippen LogP contribution in [0.5, 0.6) is 0 Å². The third-order valence-electron chi connectivity index (χ3n) is 2.80. The second kappa shape index (κ2) is 4.84. The summed E-state index contributed by atoms with van der Waals surface area (Å²) in [5, 5.41) is 8.59. The first-order valence-electron chi connectivity index (χ1n) is 5.51. The molecule has 4 heteroatoms. The van der Waals surface area contributed by atoms with Gasteiger partial charge in [-0.15, -0.1) is 0 Å². The predicted molar refractivity (Wildman–Crippen MR) is 57.6 cm³/mol. The van der Waals surface area contributed by atoms with Crippen molar-refractivity contribution in [1.29, 1.82) is 0 Å². The summed E-state index contributed by atoms with van der Waals surface area (Å²) in [5.41, 5.74) is 0.0920. The standard InChI is InChI=1S/C11H21NO3/c1-11(2,3)9-5-4-6-12(9)10(14)15-8-7-13/h9,13H,4-8H2,1-3H3/t9-/m1/s1. The van der Waals surface area contributed by atoms with Crippen molar-refractivity contribution in [3.8, 4) is 0 Å². The lowest BCUT2D eigenvalue weighted by Gasteiger charge is -2.34.